The van der Waals surface area contributed by atoms with Gasteiger partial charge in [0.05, 0.1) is 18.3 Å². The number of aliphatic carboxylic acids is 3. The van der Waals surface area contributed by atoms with E-state index in [1.54, 1.807) is 13.8 Å². The summed E-state index contributed by atoms with van der Waals surface area (Å²) in [4.78, 5) is 31.0. The summed E-state index contributed by atoms with van der Waals surface area (Å²) in [6.07, 6.45) is 56.1. The number of rotatable bonds is 42. The Hall–Kier alpha value is -1.82. The summed E-state index contributed by atoms with van der Waals surface area (Å²) in [5.74, 6) is -2.02. The van der Waals surface area contributed by atoms with Crippen LogP contribution < -0.4 is 0 Å². The fourth-order valence-electron chi connectivity index (χ4n) is 7.89. The van der Waals surface area contributed by atoms with Crippen LogP contribution >= 0.6 is 0 Å². The zero-order valence-electron chi connectivity index (χ0n) is 44.2. The minimum Gasteiger partial charge on any atom is -0.481 e. The topological polar surface area (TPSA) is 170 Å². The molecule has 4 N–H and O–H groups in total. The zero-order chi connectivity index (χ0) is 49.6. The molecule has 0 aromatic heterocycles. The molecule has 0 radical (unpaired) electrons. The summed E-state index contributed by atoms with van der Waals surface area (Å²) in [6.45, 7) is 10.2. The monoisotopic (exact) mass is 997 g/mol. The number of allylic oxidation sites excluding steroid dienone is 3. The van der Waals surface area contributed by atoms with Crippen molar-refractivity contribution < 1.29 is 70.7 Å². The largest absolute Gasteiger partial charge is 0.481 e. The summed E-state index contributed by atoms with van der Waals surface area (Å²) in [6, 6.07) is 0. The summed E-state index contributed by atoms with van der Waals surface area (Å²) in [5.41, 5.74) is 0. The van der Waals surface area contributed by atoms with Crippen LogP contribution in [-0.4, -0.2) is 81.1 Å². The molecule has 0 aromatic carbocycles. The molecule has 10 nitrogen and oxygen atoms in total. The van der Waals surface area contributed by atoms with Gasteiger partial charge in [0.25, 0.3) is 0 Å². The first kappa shape index (κ1) is 68.3. The summed E-state index contributed by atoms with van der Waals surface area (Å²) in [5, 5.41) is 33.6. The van der Waals surface area contributed by atoms with E-state index in [1.807, 2.05) is 0 Å². The van der Waals surface area contributed by atoms with Gasteiger partial charge in [-0.15, -0.1) is 0 Å². The summed E-state index contributed by atoms with van der Waals surface area (Å²) in [7, 11) is 0. The average Bonchev–Trinajstić information content (AvgIpc) is 4.22. The Balaban J connectivity index is 0. The number of unbranched alkanes of at least 4 members (excludes halogenated alkanes) is 24. The fraction of sp³-hybridized carbons (Fsp3) is 0.842. The standard InChI is InChI=1S/3C18H32O3.C3H8O.Ti/c3*1-2-3-4-10-13-16-17(21-16)14-11-8-6-5-7-9-12-15-18(19)20;1-3(2)4;/h3*11,14,16-17H,2-10,12-13,15H2,1H3,(H,19,20);3-4H,1-2H3;/b3*14-11+;;. The molecule has 3 aliphatic rings. The Kier molecular flexibility index (Phi) is 50.3. The molecule has 0 aliphatic carbocycles. The fourth-order valence-corrected chi connectivity index (χ4v) is 7.89. The van der Waals surface area contributed by atoms with Crippen LogP contribution in [0.1, 0.15) is 266 Å². The van der Waals surface area contributed by atoms with E-state index < -0.39 is 17.9 Å². The van der Waals surface area contributed by atoms with E-state index in [1.165, 1.54) is 135 Å². The molecule has 3 heterocycles. The Morgan fingerprint density at radius 3 is 0.853 bits per heavy atom. The second kappa shape index (κ2) is 50.1. The molecule has 3 aliphatic heterocycles. The molecule has 3 saturated heterocycles. The predicted molar refractivity (Wildman–Crippen MR) is 277 cm³/mol. The van der Waals surface area contributed by atoms with Crippen LogP contribution in [0, 0.1) is 0 Å². The smallest absolute Gasteiger partial charge is 0.303 e. The van der Waals surface area contributed by atoms with Crippen molar-refractivity contribution in [2.24, 2.45) is 0 Å². The number of ether oxygens (including phenoxy) is 3. The first-order valence-corrected chi connectivity index (χ1v) is 27.7. The van der Waals surface area contributed by atoms with Gasteiger partial charge in [-0.1, -0.05) is 192 Å². The normalized spacial score (nSPS) is 20.0. The van der Waals surface area contributed by atoms with Gasteiger partial charge in [0.2, 0.25) is 0 Å². The van der Waals surface area contributed by atoms with Gasteiger partial charge in [0, 0.05) is 47.1 Å². The molecule has 68 heavy (non-hydrogen) atoms. The number of carboxylic acids is 3. The number of epoxide rings is 3. The third-order valence-corrected chi connectivity index (χ3v) is 12.2. The van der Waals surface area contributed by atoms with E-state index in [4.69, 9.17) is 34.6 Å². The molecule has 3 fully saturated rings. The zero-order valence-corrected chi connectivity index (χ0v) is 45.8. The van der Waals surface area contributed by atoms with Gasteiger partial charge in [-0.3, -0.25) is 14.4 Å². The first-order valence-electron chi connectivity index (χ1n) is 27.7. The van der Waals surface area contributed by atoms with Crippen molar-refractivity contribution in [1.29, 1.82) is 0 Å². The van der Waals surface area contributed by atoms with Crippen LogP contribution in [0.2, 0.25) is 0 Å². The molecule has 3 rings (SSSR count). The summed E-state index contributed by atoms with van der Waals surface area (Å²) < 4.78 is 16.9. The van der Waals surface area contributed by atoms with Crippen molar-refractivity contribution in [3.05, 3.63) is 36.5 Å². The molecule has 0 saturated carbocycles. The van der Waals surface area contributed by atoms with Gasteiger partial charge in [-0.05, 0) is 90.9 Å². The van der Waals surface area contributed by atoms with Gasteiger partial charge in [0.1, 0.15) is 18.3 Å². The van der Waals surface area contributed by atoms with Gasteiger partial charge < -0.3 is 34.6 Å². The third kappa shape index (κ3) is 52.0. The minimum absolute atomic E-state index is 0. The van der Waals surface area contributed by atoms with Crippen molar-refractivity contribution in [1.82, 2.24) is 0 Å². The van der Waals surface area contributed by atoms with Crippen LogP contribution in [0.15, 0.2) is 36.5 Å². The summed E-state index contributed by atoms with van der Waals surface area (Å²) >= 11 is 0. The molecule has 0 aromatic rings. The minimum atomic E-state index is -0.674. The molecule has 0 amide bonds. The third-order valence-electron chi connectivity index (χ3n) is 12.2. The van der Waals surface area contributed by atoms with E-state index in [-0.39, 0.29) is 27.8 Å². The second-order valence-corrected chi connectivity index (χ2v) is 19.4. The number of carbonyl (C=O) groups is 3. The average molecular weight is 997 g/mol. The SMILES string of the molecule is CC(C)O.CCCCCCC1OC1/C=C/CCCCCCCC(=O)O.CCCCCCC1OC1/C=C/CCCCCCCC(=O)O.CCCCCCC1OC1/C=C/CCCCCCCC(=O)O.[Ti]. The Morgan fingerprint density at radius 2 is 0.618 bits per heavy atom. The Labute approximate surface area is 431 Å². The molecule has 11 heteroatoms. The van der Waals surface area contributed by atoms with Crippen molar-refractivity contribution >= 4 is 17.9 Å². The molecular weight excluding hydrogens is 892 g/mol. The quantitative estimate of drug-likeness (QED) is 0.0200. The second-order valence-electron chi connectivity index (χ2n) is 19.4. The van der Waals surface area contributed by atoms with E-state index >= 15 is 0 Å². The Bertz CT molecular complexity index is 1090. The van der Waals surface area contributed by atoms with E-state index in [9.17, 15) is 14.4 Å². The number of hydrogen-bond acceptors (Lipinski definition) is 7. The van der Waals surface area contributed by atoms with E-state index in [2.05, 4.69) is 57.2 Å². The number of aliphatic hydroxyl groups excluding tert-OH is 1. The van der Waals surface area contributed by atoms with Crippen LogP contribution in [0.3, 0.4) is 0 Å². The van der Waals surface area contributed by atoms with Crippen LogP contribution in [0.4, 0.5) is 0 Å². The van der Waals surface area contributed by atoms with Crippen LogP contribution in [0.25, 0.3) is 0 Å². The predicted octanol–water partition coefficient (Wildman–Crippen LogP) is 15.7. The van der Waals surface area contributed by atoms with Gasteiger partial charge in [-0.2, -0.15) is 0 Å². The van der Waals surface area contributed by atoms with Crippen molar-refractivity contribution in [3.63, 3.8) is 0 Å². The molecule has 396 valence electrons. The van der Waals surface area contributed by atoms with Crippen LogP contribution in [0.5, 0.6) is 0 Å². The maximum absolute atomic E-state index is 10.3. The van der Waals surface area contributed by atoms with Gasteiger partial charge in [0.15, 0.2) is 0 Å². The van der Waals surface area contributed by atoms with Crippen LogP contribution in [-0.2, 0) is 50.3 Å². The van der Waals surface area contributed by atoms with Crippen molar-refractivity contribution in [2.75, 3.05) is 0 Å². The van der Waals surface area contributed by atoms with Crippen molar-refractivity contribution in [2.45, 2.75) is 308 Å². The number of aliphatic hydroxyl groups is 1. The molecule has 6 atom stereocenters. The van der Waals surface area contributed by atoms with Gasteiger partial charge >= 0.3 is 17.9 Å². The molecule has 0 spiro atoms. The molecular formula is C57H104O10Ti. The maximum atomic E-state index is 10.3. The van der Waals surface area contributed by atoms with E-state index in [0.717, 1.165) is 77.0 Å². The maximum Gasteiger partial charge on any atom is 0.303 e. The number of carboxylic acid groups (broad SMARTS) is 3. The van der Waals surface area contributed by atoms with Crippen molar-refractivity contribution in [3.8, 4) is 0 Å². The number of hydrogen-bond donors (Lipinski definition) is 4. The van der Waals surface area contributed by atoms with Gasteiger partial charge in [-0.25, -0.2) is 0 Å². The Morgan fingerprint density at radius 1 is 0.397 bits per heavy atom. The first-order chi connectivity index (χ1) is 32.4. The van der Waals surface area contributed by atoms with E-state index in [0.29, 0.717) is 55.9 Å². The molecule has 6 unspecified atom stereocenters. The molecule has 0 bridgehead atoms.